The summed E-state index contributed by atoms with van der Waals surface area (Å²) in [4.78, 5) is 14.3. The smallest absolute Gasteiger partial charge is 0.290 e. The van der Waals surface area contributed by atoms with Crippen molar-refractivity contribution in [3.63, 3.8) is 0 Å². The van der Waals surface area contributed by atoms with Gasteiger partial charge in [-0.25, -0.2) is 0 Å². The van der Waals surface area contributed by atoms with Crippen LogP contribution in [0.15, 0.2) is 40.8 Å². The maximum Gasteiger partial charge on any atom is 0.290 e. The second kappa shape index (κ2) is 8.98. The van der Waals surface area contributed by atoms with E-state index in [1.54, 1.807) is 31.4 Å². The molecule has 1 amide bonds. The minimum absolute atomic E-state index is 0.222. The van der Waals surface area contributed by atoms with E-state index in [1.165, 1.54) is 0 Å². The molecule has 6 heteroatoms. The van der Waals surface area contributed by atoms with Crippen LogP contribution in [0.5, 0.6) is 17.4 Å². The maximum absolute atomic E-state index is 12.1. The van der Waals surface area contributed by atoms with Crippen molar-refractivity contribution < 1.29 is 18.7 Å². The molecule has 0 aliphatic rings. The van der Waals surface area contributed by atoms with Gasteiger partial charge in [0.1, 0.15) is 0 Å². The van der Waals surface area contributed by atoms with Crippen LogP contribution in [-0.2, 0) is 0 Å². The fourth-order valence-electron chi connectivity index (χ4n) is 2.26. The van der Waals surface area contributed by atoms with Gasteiger partial charge in [0.15, 0.2) is 17.3 Å². The van der Waals surface area contributed by atoms with Gasteiger partial charge in [-0.2, -0.15) is 0 Å². The van der Waals surface area contributed by atoms with Crippen molar-refractivity contribution in [2.45, 2.75) is 13.8 Å². The summed E-state index contributed by atoms with van der Waals surface area (Å²) in [5.41, 5.74) is 0. The lowest BCUT2D eigenvalue weighted by Crippen LogP contribution is -2.34. The average molecular weight is 332 g/mol. The number of hydrogen-bond donors (Lipinski definition) is 1. The molecule has 130 valence electrons. The minimum atomic E-state index is -0.253. The quantitative estimate of drug-likeness (QED) is 0.764. The molecule has 1 aromatic carbocycles. The zero-order valence-corrected chi connectivity index (χ0v) is 14.4. The predicted molar refractivity (Wildman–Crippen MR) is 91.9 cm³/mol. The lowest BCUT2D eigenvalue weighted by Gasteiger charge is -2.17. The van der Waals surface area contributed by atoms with Gasteiger partial charge in [-0.1, -0.05) is 26.0 Å². The van der Waals surface area contributed by atoms with Crippen LogP contribution in [-0.4, -0.2) is 44.1 Å². The largest absolute Gasteiger partial charge is 0.493 e. The zero-order valence-electron chi connectivity index (χ0n) is 14.4. The number of ether oxygens (including phenoxy) is 2. The standard InChI is InChI=1S/C18H24N2O4/c1-4-20(5-2)13-12-19-18(21)16-10-11-17(24-16)23-15-9-7-6-8-14(15)22-3/h6-11H,4-5,12-13H2,1-3H3,(H,19,21). The summed E-state index contributed by atoms with van der Waals surface area (Å²) in [6.45, 7) is 7.50. The van der Waals surface area contributed by atoms with Crippen LogP contribution in [0.1, 0.15) is 24.4 Å². The number of amides is 1. The molecule has 0 fully saturated rings. The van der Waals surface area contributed by atoms with E-state index in [2.05, 4.69) is 24.1 Å². The van der Waals surface area contributed by atoms with Crippen LogP contribution in [0.2, 0.25) is 0 Å². The molecule has 24 heavy (non-hydrogen) atoms. The fourth-order valence-corrected chi connectivity index (χ4v) is 2.26. The molecule has 2 aromatic rings. The van der Waals surface area contributed by atoms with E-state index < -0.39 is 0 Å². The summed E-state index contributed by atoms with van der Waals surface area (Å²) < 4.78 is 16.3. The van der Waals surface area contributed by atoms with E-state index in [-0.39, 0.29) is 17.6 Å². The van der Waals surface area contributed by atoms with E-state index in [0.29, 0.717) is 18.0 Å². The molecule has 0 bridgehead atoms. The van der Waals surface area contributed by atoms with E-state index in [0.717, 1.165) is 19.6 Å². The van der Waals surface area contributed by atoms with Gasteiger partial charge in [-0.15, -0.1) is 0 Å². The van der Waals surface area contributed by atoms with Crippen LogP contribution >= 0.6 is 0 Å². The van der Waals surface area contributed by atoms with Crippen molar-refractivity contribution in [3.8, 4) is 17.4 Å². The Morgan fingerprint density at radius 2 is 1.83 bits per heavy atom. The third-order valence-corrected chi connectivity index (χ3v) is 3.69. The molecule has 1 aromatic heterocycles. The fraction of sp³-hybridized carbons (Fsp3) is 0.389. The Labute approximate surface area is 142 Å². The Morgan fingerprint density at radius 1 is 1.12 bits per heavy atom. The van der Waals surface area contributed by atoms with Crippen LogP contribution < -0.4 is 14.8 Å². The molecule has 0 spiro atoms. The highest BCUT2D eigenvalue weighted by Crippen LogP contribution is 2.31. The van der Waals surface area contributed by atoms with Crippen molar-refractivity contribution in [1.29, 1.82) is 0 Å². The first-order chi connectivity index (χ1) is 11.7. The molecule has 0 atom stereocenters. The average Bonchev–Trinajstić information content (AvgIpc) is 3.07. The third-order valence-electron chi connectivity index (χ3n) is 3.69. The van der Waals surface area contributed by atoms with E-state index in [9.17, 15) is 4.79 Å². The molecule has 0 saturated carbocycles. The number of carbonyl (C=O) groups is 1. The van der Waals surface area contributed by atoms with Gasteiger partial charge in [0.25, 0.3) is 11.9 Å². The summed E-state index contributed by atoms with van der Waals surface area (Å²) in [5, 5.41) is 2.84. The second-order valence-electron chi connectivity index (χ2n) is 5.15. The molecule has 1 heterocycles. The molecular formula is C18H24N2O4. The van der Waals surface area contributed by atoms with Gasteiger partial charge in [0.05, 0.1) is 7.11 Å². The highest BCUT2D eigenvalue weighted by Gasteiger charge is 2.13. The molecule has 0 saturated heterocycles. The number of furan rings is 1. The number of hydrogen-bond acceptors (Lipinski definition) is 5. The summed E-state index contributed by atoms with van der Waals surface area (Å²) in [5.74, 6) is 1.34. The molecule has 0 radical (unpaired) electrons. The summed E-state index contributed by atoms with van der Waals surface area (Å²) >= 11 is 0. The van der Waals surface area contributed by atoms with Gasteiger partial charge in [0, 0.05) is 19.2 Å². The van der Waals surface area contributed by atoms with Crippen LogP contribution in [0.3, 0.4) is 0 Å². The zero-order chi connectivity index (χ0) is 17.4. The van der Waals surface area contributed by atoms with Crippen molar-refractivity contribution in [3.05, 3.63) is 42.2 Å². The number of carbonyl (C=O) groups excluding carboxylic acids is 1. The highest BCUT2D eigenvalue weighted by atomic mass is 16.6. The number of para-hydroxylation sites is 2. The SMILES string of the molecule is CCN(CC)CCNC(=O)c1ccc(Oc2ccccc2OC)o1. The van der Waals surface area contributed by atoms with E-state index >= 15 is 0 Å². The minimum Gasteiger partial charge on any atom is -0.493 e. The molecule has 0 aliphatic heterocycles. The van der Waals surface area contributed by atoms with Gasteiger partial charge >= 0.3 is 0 Å². The van der Waals surface area contributed by atoms with Gasteiger partial charge in [-0.05, 0) is 31.3 Å². The monoisotopic (exact) mass is 332 g/mol. The number of methoxy groups -OCH3 is 1. The molecule has 0 unspecified atom stereocenters. The Hall–Kier alpha value is -2.47. The molecule has 1 N–H and O–H groups in total. The van der Waals surface area contributed by atoms with E-state index in [4.69, 9.17) is 13.9 Å². The van der Waals surface area contributed by atoms with Gasteiger partial charge < -0.3 is 24.1 Å². The molecule has 0 aliphatic carbocycles. The number of nitrogens with one attached hydrogen (secondary N) is 1. The van der Waals surface area contributed by atoms with Crippen molar-refractivity contribution in [2.24, 2.45) is 0 Å². The summed E-state index contributed by atoms with van der Waals surface area (Å²) in [7, 11) is 1.57. The number of likely N-dealkylation sites (N-methyl/N-ethyl adjacent to an activating group) is 1. The van der Waals surface area contributed by atoms with Crippen molar-refractivity contribution in [1.82, 2.24) is 10.2 Å². The van der Waals surface area contributed by atoms with Crippen molar-refractivity contribution in [2.75, 3.05) is 33.3 Å². The third kappa shape index (κ3) is 4.76. The maximum atomic E-state index is 12.1. The first kappa shape index (κ1) is 17.9. The van der Waals surface area contributed by atoms with Crippen LogP contribution in [0.25, 0.3) is 0 Å². The molecular weight excluding hydrogens is 308 g/mol. The first-order valence-electron chi connectivity index (χ1n) is 8.09. The van der Waals surface area contributed by atoms with Gasteiger partial charge in [0.2, 0.25) is 0 Å². The Bertz CT molecular complexity index is 650. The first-order valence-corrected chi connectivity index (χ1v) is 8.09. The van der Waals surface area contributed by atoms with Crippen molar-refractivity contribution >= 4 is 5.91 Å². The normalized spacial score (nSPS) is 10.7. The van der Waals surface area contributed by atoms with Crippen LogP contribution in [0, 0.1) is 0 Å². The molecule has 2 rings (SSSR count). The predicted octanol–water partition coefficient (Wildman–Crippen LogP) is 3.15. The Kier molecular flexibility index (Phi) is 6.69. The summed E-state index contributed by atoms with van der Waals surface area (Å²) in [6, 6.07) is 10.5. The lowest BCUT2D eigenvalue weighted by molar-refractivity contribution is 0.0916. The Morgan fingerprint density at radius 3 is 2.50 bits per heavy atom. The number of rotatable bonds is 9. The lowest BCUT2D eigenvalue weighted by atomic mass is 10.3. The number of benzene rings is 1. The van der Waals surface area contributed by atoms with E-state index in [1.807, 2.05) is 12.1 Å². The van der Waals surface area contributed by atoms with Gasteiger partial charge in [-0.3, -0.25) is 4.79 Å². The Balaban J connectivity index is 1.91. The number of nitrogens with zero attached hydrogens (tertiary/aromatic N) is 1. The molecule has 6 nitrogen and oxygen atoms in total. The topological polar surface area (TPSA) is 63.9 Å². The second-order valence-corrected chi connectivity index (χ2v) is 5.15. The summed E-state index contributed by atoms with van der Waals surface area (Å²) in [6.07, 6.45) is 0. The highest BCUT2D eigenvalue weighted by molar-refractivity contribution is 5.91. The van der Waals surface area contributed by atoms with Crippen LogP contribution in [0.4, 0.5) is 0 Å².